The highest BCUT2D eigenvalue weighted by atomic mass is 32.2. The Morgan fingerprint density at radius 3 is 2.62 bits per heavy atom. The third-order valence-corrected chi connectivity index (χ3v) is 6.14. The first-order chi connectivity index (χ1) is 11.4. The molecule has 2 aromatic rings. The van der Waals surface area contributed by atoms with Crippen molar-refractivity contribution in [1.82, 2.24) is 14.9 Å². The second-order valence-corrected chi connectivity index (χ2v) is 8.30. The summed E-state index contributed by atoms with van der Waals surface area (Å²) in [4.78, 5) is 22.1. The lowest BCUT2D eigenvalue weighted by Crippen LogP contribution is -2.41. The number of imidazole rings is 1. The second kappa shape index (κ2) is 6.39. The molecule has 0 saturated carbocycles. The number of hydrogen-bond donors (Lipinski definition) is 1. The van der Waals surface area contributed by atoms with Gasteiger partial charge in [-0.15, -0.1) is 0 Å². The Morgan fingerprint density at radius 2 is 2.04 bits per heavy atom. The maximum Gasteiger partial charge on any atom is 0.274 e. The highest BCUT2D eigenvalue weighted by Gasteiger charge is 2.35. The van der Waals surface area contributed by atoms with Crippen LogP contribution in [-0.2, 0) is 9.84 Å². The van der Waals surface area contributed by atoms with Crippen LogP contribution in [0, 0.1) is 6.92 Å². The first-order valence-corrected chi connectivity index (χ1v) is 9.87. The molecule has 1 unspecified atom stereocenters. The zero-order chi connectivity index (χ0) is 17.3. The van der Waals surface area contributed by atoms with Crippen molar-refractivity contribution in [3.8, 4) is 11.4 Å². The summed E-state index contributed by atoms with van der Waals surface area (Å²) >= 11 is 0. The van der Waals surface area contributed by atoms with Gasteiger partial charge in [-0.2, -0.15) is 0 Å². The number of nitrogens with zero attached hydrogens (tertiary/aromatic N) is 2. The van der Waals surface area contributed by atoms with E-state index in [1.165, 1.54) is 0 Å². The van der Waals surface area contributed by atoms with Crippen molar-refractivity contribution in [3.05, 3.63) is 41.7 Å². The van der Waals surface area contributed by atoms with Crippen LogP contribution in [0.5, 0.6) is 0 Å². The molecule has 1 aromatic carbocycles. The number of carbonyl (C=O) groups is 1. The standard InChI is InChI=1S/C17H21N3O3S/c1-3-20(14-9-10-24(22,23)11-14)17(21)15-12(2)18-16(19-15)13-7-5-4-6-8-13/h4-8,14H,3,9-11H2,1-2H3,(H,18,19). The van der Waals surface area contributed by atoms with E-state index in [1.807, 2.05) is 44.2 Å². The van der Waals surface area contributed by atoms with Gasteiger partial charge >= 0.3 is 0 Å². The minimum atomic E-state index is -3.04. The lowest BCUT2D eigenvalue weighted by Gasteiger charge is -2.26. The quantitative estimate of drug-likeness (QED) is 0.917. The number of amides is 1. The van der Waals surface area contributed by atoms with Crippen molar-refractivity contribution in [2.45, 2.75) is 26.3 Å². The third-order valence-electron chi connectivity index (χ3n) is 4.39. The molecule has 0 bridgehead atoms. The fourth-order valence-electron chi connectivity index (χ4n) is 3.13. The highest BCUT2D eigenvalue weighted by molar-refractivity contribution is 7.91. The highest BCUT2D eigenvalue weighted by Crippen LogP contribution is 2.22. The molecule has 2 heterocycles. The van der Waals surface area contributed by atoms with Gasteiger partial charge in [-0.25, -0.2) is 13.4 Å². The number of hydrogen-bond acceptors (Lipinski definition) is 4. The molecule has 1 fully saturated rings. The minimum Gasteiger partial charge on any atom is -0.341 e. The number of carbonyl (C=O) groups excluding carboxylic acids is 1. The molecular formula is C17H21N3O3S. The number of aryl methyl sites for hydroxylation is 1. The Balaban J connectivity index is 1.88. The van der Waals surface area contributed by atoms with Crippen LogP contribution in [0.1, 0.15) is 29.5 Å². The second-order valence-electron chi connectivity index (χ2n) is 6.07. The lowest BCUT2D eigenvalue weighted by molar-refractivity contribution is 0.0702. The average molecular weight is 347 g/mol. The molecule has 7 heteroatoms. The molecule has 6 nitrogen and oxygen atoms in total. The van der Waals surface area contributed by atoms with Crippen molar-refractivity contribution in [2.24, 2.45) is 0 Å². The first kappa shape index (κ1) is 16.7. The van der Waals surface area contributed by atoms with Crippen LogP contribution in [-0.4, -0.2) is 53.3 Å². The van der Waals surface area contributed by atoms with Crippen molar-refractivity contribution < 1.29 is 13.2 Å². The van der Waals surface area contributed by atoms with Gasteiger partial charge < -0.3 is 9.88 Å². The summed E-state index contributed by atoms with van der Waals surface area (Å²) < 4.78 is 23.4. The van der Waals surface area contributed by atoms with Crippen LogP contribution >= 0.6 is 0 Å². The van der Waals surface area contributed by atoms with E-state index in [2.05, 4.69) is 9.97 Å². The predicted octanol–water partition coefficient (Wildman–Crippen LogP) is 2.03. The fraction of sp³-hybridized carbons (Fsp3) is 0.412. The van der Waals surface area contributed by atoms with Crippen LogP contribution < -0.4 is 0 Å². The summed E-state index contributed by atoms with van der Waals surface area (Å²) in [6.07, 6.45) is 0.497. The van der Waals surface area contributed by atoms with Gasteiger partial charge in [0.25, 0.3) is 5.91 Å². The SMILES string of the molecule is CCN(C(=O)c1nc(-c2ccccc2)[nH]c1C)C1CCS(=O)(=O)C1. The van der Waals surface area contributed by atoms with Crippen LogP contribution in [0.25, 0.3) is 11.4 Å². The molecule has 1 aromatic heterocycles. The van der Waals surface area contributed by atoms with E-state index in [1.54, 1.807) is 4.90 Å². The molecule has 1 saturated heterocycles. The smallest absolute Gasteiger partial charge is 0.274 e. The summed E-state index contributed by atoms with van der Waals surface area (Å²) in [6.45, 7) is 4.14. The van der Waals surface area contributed by atoms with Gasteiger partial charge in [0.2, 0.25) is 0 Å². The van der Waals surface area contributed by atoms with Gasteiger partial charge in [0.1, 0.15) is 11.5 Å². The van der Waals surface area contributed by atoms with Crippen molar-refractivity contribution in [1.29, 1.82) is 0 Å². The van der Waals surface area contributed by atoms with E-state index in [9.17, 15) is 13.2 Å². The van der Waals surface area contributed by atoms with E-state index in [4.69, 9.17) is 0 Å². The van der Waals surface area contributed by atoms with Gasteiger partial charge in [0.15, 0.2) is 9.84 Å². The third kappa shape index (κ3) is 3.21. The fourth-order valence-corrected chi connectivity index (χ4v) is 4.86. The monoisotopic (exact) mass is 347 g/mol. The van der Waals surface area contributed by atoms with E-state index in [-0.39, 0.29) is 23.5 Å². The van der Waals surface area contributed by atoms with Crippen LogP contribution in [0.3, 0.4) is 0 Å². The van der Waals surface area contributed by atoms with Gasteiger partial charge in [-0.1, -0.05) is 30.3 Å². The zero-order valence-corrected chi connectivity index (χ0v) is 14.6. The summed E-state index contributed by atoms with van der Waals surface area (Å²) in [5, 5.41) is 0. The van der Waals surface area contributed by atoms with E-state index in [0.717, 1.165) is 5.56 Å². The number of benzene rings is 1. The Bertz CT molecular complexity index is 843. The molecule has 0 radical (unpaired) electrons. The van der Waals surface area contributed by atoms with Crippen molar-refractivity contribution in [3.63, 3.8) is 0 Å². The van der Waals surface area contributed by atoms with E-state index >= 15 is 0 Å². The number of aromatic amines is 1. The van der Waals surface area contributed by atoms with Gasteiger partial charge in [-0.3, -0.25) is 4.79 Å². The van der Waals surface area contributed by atoms with Crippen LogP contribution in [0.4, 0.5) is 0 Å². The molecule has 1 aliphatic heterocycles. The molecule has 1 N–H and O–H groups in total. The molecular weight excluding hydrogens is 326 g/mol. The molecule has 3 rings (SSSR count). The summed E-state index contributed by atoms with van der Waals surface area (Å²) in [5.74, 6) is 0.625. The number of sulfone groups is 1. The Morgan fingerprint density at radius 1 is 1.33 bits per heavy atom. The molecule has 0 aliphatic carbocycles. The first-order valence-electron chi connectivity index (χ1n) is 8.04. The normalized spacial score (nSPS) is 19.3. The van der Waals surface area contributed by atoms with E-state index < -0.39 is 9.84 Å². The molecule has 1 amide bonds. The topological polar surface area (TPSA) is 83.1 Å². The number of rotatable bonds is 4. The molecule has 0 spiro atoms. The predicted molar refractivity (Wildman–Crippen MR) is 92.5 cm³/mol. The van der Waals surface area contributed by atoms with Gasteiger partial charge in [0.05, 0.1) is 11.5 Å². The van der Waals surface area contributed by atoms with Crippen LogP contribution in [0.2, 0.25) is 0 Å². The van der Waals surface area contributed by atoms with Gasteiger partial charge in [-0.05, 0) is 20.3 Å². The Labute approximate surface area is 141 Å². The molecule has 128 valence electrons. The minimum absolute atomic E-state index is 0.0432. The zero-order valence-electron chi connectivity index (χ0n) is 13.8. The average Bonchev–Trinajstić information content (AvgIpc) is 3.11. The Kier molecular flexibility index (Phi) is 4.45. The summed E-state index contributed by atoms with van der Waals surface area (Å²) in [5.41, 5.74) is 1.96. The number of nitrogens with one attached hydrogen (secondary N) is 1. The summed E-state index contributed by atoms with van der Waals surface area (Å²) in [6, 6.07) is 9.34. The maximum atomic E-state index is 12.9. The van der Waals surface area contributed by atoms with Crippen molar-refractivity contribution in [2.75, 3.05) is 18.1 Å². The lowest BCUT2D eigenvalue weighted by atomic mass is 10.2. The molecule has 1 aliphatic rings. The maximum absolute atomic E-state index is 12.9. The molecule has 1 atom stereocenters. The van der Waals surface area contributed by atoms with Crippen molar-refractivity contribution >= 4 is 15.7 Å². The van der Waals surface area contributed by atoms with E-state index in [0.29, 0.717) is 30.2 Å². The Hall–Kier alpha value is -2.15. The van der Waals surface area contributed by atoms with Crippen LogP contribution in [0.15, 0.2) is 30.3 Å². The summed E-state index contributed by atoms with van der Waals surface area (Å²) in [7, 11) is -3.04. The number of H-pyrrole nitrogens is 1. The largest absolute Gasteiger partial charge is 0.341 e. The molecule has 24 heavy (non-hydrogen) atoms. The number of aromatic nitrogens is 2. The van der Waals surface area contributed by atoms with Gasteiger partial charge in [0, 0.05) is 23.8 Å².